The molecule has 1 N–H and O–H groups in total. The zero-order valence-corrected chi connectivity index (χ0v) is 17.8. The van der Waals surface area contributed by atoms with Crippen LogP contribution in [0.1, 0.15) is 48.4 Å². The van der Waals surface area contributed by atoms with Crippen molar-refractivity contribution in [2.24, 2.45) is 0 Å². The Labute approximate surface area is 174 Å². The summed E-state index contributed by atoms with van der Waals surface area (Å²) < 4.78 is 1.01. The van der Waals surface area contributed by atoms with Crippen molar-refractivity contribution >= 4 is 33.2 Å². The Bertz CT molecular complexity index is 1000. The maximum Gasteiger partial charge on any atom is 0.262 e. The van der Waals surface area contributed by atoms with Crippen LogP contribution < -0.4 is 10.2 Å². The van der Waals surface area contributed by atoms with E-state index in [1.165, 1.54) is 5.56 Å². The summed E-state index contributed by atoms with van der Waals surface area (Å²) in [6.07, 6.45) is -0.268. The molecule has 0 spiro atoms. The van der Waals surface area contributed by atoms with Crippen molar-refractivity contribution in [3.63, 3.8) is 0 Å². The van der Waals surface area contributed by atoms with Gasteiger partial charge in [0.15, 0.2) is 0 Å². The lowest BCUT2D eigenvalue weighted by Gasteiger charge is -2.38. The third-order valence-electron chi connectivity index (χ3n) is 5.12. The van der Waals surface area contributed by atoms with Crippen molar-refractivity contribution in [2.45, 2.75) is 32.4 Å². The van der Waals surface area contributed by atoms with Gasteiger partial charge in [-0.15, -0.1) is 0 Å². The quantitative estimate of drug-likeness (QED) is 0.497. The average molecular weight is 435 g/mol. The molecule has 0 saturated heterocycles. The summed E-state index contributed by atoms with van der Waals surface area (Å²) in [5.41, 5.74) is 4.78. The Morgan fingerprint density at radius 2 is 1.54 bits per heavy atom. The molecule has 1 atom stereocenters. The van der Waals surface area contributed by atoms with Gasteiger partial charge in [-0.05, 0) is 52.9 Å². The second-order valence-corrected chi connectivity index (χ2v) is 9.03. The van der Waals surface area contributed by atoms with Gasteiger partial charge in [0.1, 0.15) is 6.17 Å². The van der Waals surface area contributed by atoms with E-state index in [9.17, 15) is 4.79 Å². The number of hydrogen-bond acceptors (Lipinski definition) is 2. The van der Waals surface area contributed by atoms with Gasteiger partial charge in [0.05, 0.1) is 5.56 Å². The minimum atomic E-state index is -0.268. The molecule has 1 heterocycles. The third-order valence-corrected chi connectivity index (χ3v) is 5.65. The fraction of sp³-hybridized carbons (Fsp3) is 0.208. The van der Waals surface area contributed by atoms with Gasteiger partial charge in [0.2, 0.25) is 0 Å². The van der Waals surface area contributed by atoms with Crippen LogP contribution in [-0.4, -0.2) is 5.91 Å². The van der Waals surface area contributed by atoms with E-state index in [0.29, 0.717) is 5.56 Å². The predicted molar refractivity (Wildman–Crippen MR) is 119 cm³/mol. The van der Waals surface area contributed by atoms with Gasteiger partial charge in [-0.25, -0.2) is 0 Å². The molecule has 1 aliphatic heterocycles. The van der Waals surface area contributed by atoms with E-state index in [4.69, 9.17) is 0 Å². The minimum Gasteiger partial charge on any atom is -0.360 e. The van der Waals surface area contributed by atoms with Crippen LogP contribution in [0.3, 0.4) is 0 Å². The van der Waals surface area contributed by atoms with Crippen molar-refractivity contribution in [3.8, 4) is 0 Å². The normalized spacial score (nSPS) is 16.5. The molecule has 0 fully saturated rings. The summed E-state index contributed by atoms with van der Waals surface area (Å²) in [6, 6.07) is 24.1. The average Bonchev–Trinajstić information content (AvgIpc) is 2.68. The van der Waals surface area contributed by atoms with E-state index in [1.54, 1.807) is 0 Å². The van der Waals surface area contributed by atoms with Gasteiger partial charge in [-0.1, -0.05) is 73.1 Å². The van der Waals surface area contributed by atoms with E-state index < -0.39 is 0 Å². The van der Waals surface area contributed by atoms with Gasteiger partial charge < -0.3 is 5.32 Å². The van der Waals surface area contributed by atoms with Crippen LogP contribution in [-0.2, 0) is 5.41 Å². The number of rotatable bonds is 2. The third kappa shape index (κ3) is 3.45. The van der Waals surface area contributed by atoms with E-state index in [2.05, 4.69) is 54.2 Å². The highest BCUT2D eigenvalue weighted by Crippen LogP contribution is 2.37. The first-order valence-corrected chi connectivity index (χ1v) is 10.2. The molecule has 0 aliphatic carbocycles. The first-order valence-electron chi connectivity index (χ1n) is 9.40. The number of carbonyl (C=O) groups is 1. The molecule has 4 heteroatoms. The zero-order valence-electron chi connectivity index (χ0n) is 16.2. The first-order chi connectivity index (χ1) is 13.3. The Kier molecular flexibility index (Phi) is 4.76. The van der Waals surface area contributed by atoms with E-state index in [1.807, 2.05) is 65.6 Å². The molecular weight excluding hydrogens is 412 g/mol. The summed E-state index contributed by atoms with van der Waals surface area (Å²) in [6.45, 7) is 6.57. The Morgan fingerprint density at radius 3 is 2.18 bits per heavy atom. The molecule has 0 radical (unpaired) electrons. The van der Waals surface area contributed by atoms with Crippen LogP contribution in [0.2, 0.25) is 0 Å². The maximum absolute atomic E-state index is 13.4. The van der Waals surface area contributed by atoms with Gasteiger partial charge in [0, 0.05) is 15.8 Å². The van der Waals surface area contributed by atoms with Crippen LogP contribution >= 0.6 is 15.9 Å². The maximum atomic E-state index is 13.4. The molecule has 1 amide bonds. The molecule has 28 heavy (non-hydrogen) atoms. The van der Waals surface area contributed by atoms with Gasteiger partial charge in [-0.2, -0.15) is 0 Å². The molecule has 1 aliphatic rings. The van der Waals surface area contributed by atoms with Gasteiger partial charge in [-0.3, -0.25) is 9.69 Å². The van der Waals surface area contributed by atoms with E-state index >= 15 is 0 Å². The Morgan fingerprint density at radius 1 is 0.893 bits per heavy atom. The molecule has 3 nitrogen and oxygen atoms in total. The highest BCUT2D eigenvalue weighted by atomic mass is 79.9. The lowest BCUT2D eigenvalue weighted by molar-refractivity contribution is 0.0975. The zero-order chi connectivity index (χ0) is 19.9. The molecule has 3 aromatic carbocycles. The van der Waals surface area contributed by atoms with E-state index in [0.717, 1.165) is 21.4 Å². The summed E-state index contributed by atoms with van der Waals surface area (Å²) >= 11 is 3.49. The fourth-order valence-electron chi connectivity index (χ4n) is 3.52. The second kappa shape index (κ2) is 7.10. The number of nitrogens with one attached hydrogen (secondary N) is 1. The van der Waals surface area contributed by atoms with Crippen molar-refractivity contribution in [1.29, 1.82) is 0 Å². The largest absolute Gasteiger partial charge is 0.360 e. The first kappa shape index (κ1) is 18.8. The molecule has 0 bridgehead atoms. The SMILES string of the molecule is CC(C)(C)c1ccc(N2C(=O)c3ccccc3NC2c2ccc(Br)cc2)cc1. The molecule has 142 valence electrons. The smallest absolute Gasteiger partial charge is 0.262 e. The van der Waals surface area contributed by atoms with Crippen molar-refractivity contribution in [3.05, 3.63) is 94.0 Å². The molecule has 0 aromatic heterocycles. The topological polar surface area (TPSA) is 32.3 Å². The summed E-state index contributed by atoms with van der Waals surface area (Å²) in [4.78, 5) is 15.3. The molecular formula is C24H23BrN2O. The number of anilines is 2. The van der Waals surface area contributed by atoms with Crippen molar-refractivity contribution in [1.82, 2.24) is 0 Å². The van der Waals surface area contributed by atoms with Crippen LogP contribution in [0.4, 0.5) is 11.4 Å². The lowest BCUT2D eigenvalue weighted by atomic mass is 9.87. The van der Waals surface area contributed by atoms with Crippen LogP contribution in [0.25, 0.3) is 0 Å². The second-order valence-electron chi connectivity index (χ2n) is 8.12. The van der Waals surface area contributed by atoms with Crippen LogP contribution in [0, 0.1) is 0 Å². The van der Waals surface area contributed by atoms with Crippen LogP contribution in [0.15, 0.2) is 77.3 Å². The number of fused-ring (bicyclic) bond motifs is 1. The summed E-state index contributed by atoms with van der Waals surface area (Å²) in [7, 11) is 0. The molecule has 1 unspecified atom stereocenters. The highest BCUT2D eigenvalue weighted by molar-refractivity contribution is 9.10. The Hall–Kier alpha value is -2.59. The fourth-order valence-corrected chi connectivity index (χ4v) is 3.78. The van der Waals surface area contributed by atoms with Crippen LogP contribution in [0.5, 0.6) is 0 Å². The number of carbonyl (C=O) groups excluding carboxylic acids is 1. The monoisotopic (exact) mass is 434 g/mol. The van der Waals surface area contributed by atoms with Gasteiger partial charge in [0.25, 0.3) is 5.91 Å². The molecule has 0 saturated carbocycles. The summed E-state index contributed by atoms with van der Waals surface area (Å²) in [5, 5.41) is 3.55. The number of halogens is 1. The number of hydrogen-bond donors (Lipinski definition) is 1. The van der Waals surface area contributed by atoms with Gasteiger partial charge >= 0.3 is 0 Å². The lowest BCUT2D eigenvalue weighted by Crippen LogP contribution is -2.43. The number of nitrogens with zero attached hydrogens (tertiary/aromatic N) is 1. The standard InChI is InChI=1S/C24H23BrN2O/c1-24(2,3)17-10-14-19(15-11-17)27-22(16-8-12-18(25)13-9-16)26-21-7-5-4-6-20(21)23(27)28/h4-15,22,26H,1-3H3. The van der Waals surface area contributed by atoms with Crippen molar-refractivity contribution in [2.75, 3.05) is 10.2 Å². The highest BCUT2D eigenvalue weighted by Gasteiger charge is 2.34. The Balaban J connectivity index is 1.81. The predicted octanol–water partition coefficient (Wildman–Crippen LogP) is 6.52. The summed E-state index contributed by atoms with van der Waals surface area (Å²) in [5.74, 6) is 0.00535. The molecule has 3 aromatic rings. The van der Waals surface area contributed by atoms with E-state index in [-0.39, 0.29) is 17.5 Å². The minimum absolute atomic E-state index is 0.00535. The molecule has 4 rings (SSSR count). The number of para-hydroxylation sites is 1. The van der Waals surface area contributed by atoms with Crippen molar-refractivity contribution < 1.29 is 4.79 Å². The number of benzene rings is 3. The number of amides is 1.